The Bertz CT molecular complexity index is 37.3. The molecule has 2 heteroatoms. The molecule has 6 heavy (non-hydrogen) atoms. The van der Waals surface area contributed by atoms with E-state index in [2.05, 4.69) is 0 Å². The standard InChI is InChI=1S/C4H9O.Mo/c1-4(2,3)5;/h1-3H3;/q-1;+1. The Balaban J connectivity index is 3.17. The van der Waals surface area contributed by atoms with Crippen LogP contribution in [0.25, 0.3) is 0 Å². The maximum absolute atomic E-state index is 4.95. The van der Waals surface area contributed by atoms with Crippen molar-refractivity contribution in [2.75, 3.05) is 0 Å². The predicted molar refractivity (Wildman–Crippen MR) is 20.8 cm³/mol. The van der Waals surface area contributed by atoms with Gasteiger partial charge in [-0.05, 0) is 0 Å². The number of hydrogen-bond acceptors (Lipinski definition) is 1. The van der Waals surface area contributed by atoms with E-state index in [0.29, 0.717) is 0 Å². The van der Waals surface area contributed by atoms with E-state index in [9.17, 15) is 0 Å². The first-order valence-electron chi connectivity index (χ1n) is 1.87. The third-order valence-corrected chi connectivity index (χ3v) is 1.48. The molecule has 0 aromatic rings. The van der Waals surface area contributed by atoms with Crippen molar-refractivity contribution in [2.45, 2.75) is 26.4 Å². The van der Waals surface area contributed by atoms with Gasteiger partial charge in [0.05, 0.1) is 0 Å². The molecule has 0 radical (unpaired) electrons. The fraction of sp³-hybridized carbons (Fsp3) is 1.00. The predicted octanol–water partition coefficient (Wildman–Crippen LogP) is 1.26. The van der Waals surface area contributed by atoms with Crippen molar-refractivity contribution in [2.24, 2.45) is 0 Å². The summed E-state index contributed by atoms with van der Waals surface area (Å²) < 4.78 is 4.95. The van der Waals surface area contributed by atoms with E-state index in [1.54, 1.807) is 20.2 Å². The second kappa shape index (κ2) is 2.09. The monoisotopic (exact) mass is 171 g/mol. The van der Waals surface area contributed by atoms with E-state index in [-0.39, 0.29) is 5.60 Å². The van der Waals surface area contributed by atoms with Crippen molar-refractivity contribution in [1.82, 2.24) is 0 Å². The molecule has 0 saturated carbocycles. The Kier molecular flexibility index (Phi) is 2.31. The molecular weight excluding hydrogens is 160 g/mol. The van der Waals surface area contributed by atoms with Gasteiger partial charge >= 0.3 is 50.0 Å². The molecule has 0 aromatic heterocycles. The topological polar surface area (TPSA) is 9.23 Å². The molecule has 0 bridgehead atoms. The molecule has 37 valence electrons. The van der Waals surface area contributed by atoms with Gasteiger partial charge in [-0.25, -0.2) is 0 Å². The molecule has 0 rings (SSSR count). The van der Waals surface area contributed by atoms with Gasteiger partial charge in [-0.2, -0.15) is 0 Å². The quantitative estimate of drug-likeness (QED) is 0.496. The summed E-state index contributed by atoms with van der Waals surface area (Å²) in [6, 6.07) is 0. The van der Waals surface area contributed by atoms with Crippen LogP contribution in [0.15, 0.2) is 0 Å². The minimum atomic E-state index is 0.0461. The summed E-state index contributed by atoms with van der Waals surface area (Å²) >= 11 is 1.65. The van der Waals surface area contributed by atoms with Crippen LogP contribution in [0.5, 0.6) is 0 Å². The van der Waals surface area contributed by atoms with Crippen molar-refractivity contribution in [3.05, 3.63) is 0 Å². The Morgan fingerprint density at radius 2 is 1.50 bits per heavy atom. The second-order valence-electron chi connectivity index (χ2n) is 2.20. The molecule has 0 aromatic carbocycles. The van der Waals surface area contributed by atoms with E-state index >= 15 is 0 Å². The zero-order valence-electron chi connectivity index (χ0n) is 4.32. The zero-order valence-corrected chi connectivity index (χ0v) is 6.32. The fourth-order valence-electron chi connectivity index (χ4n) is 0. The van der Waals surface area contributed by atoms with Crippen molar-refractivity contribution in [3.63, 3.8) is 0 Å². The van der Waals surface area contributed by atoms with Gasteiger partial charge in [0.1, 0.15) is 0 Å². The number of rotatable bonds is 0. The molecule has 0 unspecified atom stereocenters. The molecule has 0 N–H and O–H groups in total. The molecule has 0 heterocycles. The van der Waals surface area contributed by atoms with Gasteiger partial charge < -0.3 is 0 Å². The molecule has 0 spiro atoms. The van der Waals surface area contributed by atoms with Crippen LogP contribution >= 0.6 is 0 Å². The molecule has 0 aliphatic rings. The third-order valence-electron chi connectivity index (χ3n) is 0.250. The average molecular weight is 169 g/mol. The zero-order chi connectivity index (χ0) is 5.21. The molecule has 0 aliphatic carbocycles. The maximum atomic E-state index is 4.95. The van der Waals surface area contributed by atoms with Gasteiger partial charge in [0.2, 0.25) is 0 Å². The fourth-order valence-corrected chi connectivity index (χ4v) is 0. The minimum absolute atomic E-state index is 0.0461. The summed E-state index contributed by atoms with van der Waals surface area (Å²) in [6.45, 7) is 6.07. The van der Waals surface area contributed by atoms with Crippen LogP contribution in [-0.4, -0.2) is 5.60 Å². The summed E-state index contributed by atoms with van der Waals surface area (Å²) in [5.74, 6) is 0. The van der Waals surface area contributed by atoms with Crippen molar-refractivity contribution < 1.29 is 23.6 Å². The van der Waals surface area contributed by atoms with E-state index in [1.165, 1.54) is 0 Å². The van der Waals surface area contributed by atoms with Gasteiger partial charge in [0.15, 0.2) is 0 Å². The van der Waals surface area contributed by atoms with Crippen LogP contribution < -0.4 is 0 Å². The molecule has 0 saturated heterocycles. The van der Waals surface area contributed by atoms with E-state index in [1.807, 2.05) is 20.8 Å². The Morgan fingerprint density at radius 1 is 1.33 bits per heavy atom. The van der Waals surface area contributed by atoms with Crippen LogP contribution in [0.3, 0.4) is 0 Å². The van der Waals surface area contributed by atoms with E-state index in [4.69, 9.17) is 3.39 Å². The van der Waals surface area contributed by atoms with Crippen molar-refractivity contribution in [3.8, 4) is 0 Å². The van der Waals surface area contributed by atoms with Gasteiger partial charge in [-0.1, -0.05) is 0 Å². The molecule has 0 amide bonds. The van der Waals surface area contributed by atoms with Crippen LogP contribution in [0.2, 0.25) is 0 Å². The Hall–Kier alpha value is 0.648. The van der Waals surface area contributed by atoms with Crippen LogP contribution in [0, 0.1) is 0 Å². The summed E-state index contributed by atoms with van der Waals surface area (Å²) in [6.07, 6.45) is 0. The van der Waals surface area contributed by atoms with Crippen LogP contribution in [0.1, 0.15) is 20.8 Å². The van der Waals surface area contributed by atoms with Crippen LogP contribution in [-0.2, 0) is 23.6 Å². The SMILES string of the molecule is CC(C)(C)[O][Mo]. The summed E-state index contributed by atoms with van der Waals surface area (Å²) in [5, 5.41) is 0. The van der Waals surface area contributed by atoms with E-state index < -0.39 is 0 Å². The first-order valence-corrected chi connectivity index (χ1v) is 2.69. The second-order valence-corrected chi connectivity index (χ2v) is 2.61. The van der Waals surface area contributed by atoms with E-state index in [0.717, 1.165) is 0 Å². The van der Waals surface area contributed by atoms with Crippen molar-refractivity contribution in [1.29, 1.82) is 0 Å². The Morgan fingerprint density at radius 3 is 1.50 bits per heavy atom. The van der Waals surface area contributed by atoms with Gasteiger partial charge in [0.25, 0.3) is 0 Å². The molecule has 0 fully saturated rings. The number of hydrogen-bond donors (Lipinski definition) is 0. The average Bonchev–Trinajstić information content (AvgIpc) is 1.35. The first-order chi connectivity index (χ1) is 2.56. The third kappa shape index (κ3) is 4.65. The van der Waals surface area contributed by atoms with Gasteiger partial charge in [-0.15, -0.1) is 0 Å². The summed E-state index contributed by atoms with van der Waals surface area (Å²) in [5.41, 5.74) is 0.0461. The summed E-state index contributed by atoms with van der Waals surface area (Å²) in [4.78, 5) is 0. The molecule has 0 atom stereocenters. The Labute approximate surface area is 50.4 Å². The van der Waals surface area contributed by atoms with Crippen molar-refractivity contribution >= 4 is 0 Å². The van der Waals surface area contributed by atoms with Gasteiger partial charge in [-0.3, -0.25) is 0 Å². The first kappa shape index (κ1) is 6.65. The molecule has 0 aliphatic heterocycles. The molecular formula is C4H9MoO. The summed E-state index contributed by atoms with van der Waals surface area (Å²) in [7, 11) is 0. The normalized spacial score (nSPS) is 11.8. The molecule has 1 nitrogen and oxygen atoms in total. The van der Waals surface area contributed by atoms with Gasteiger partial charge in [0, 0.05) is 0 Å². The van der Waals surface area contributed by atoms with Crippen LogP contribution in [0.4, 0.5) is 0 Å².